The Morgan fingerprint density at radius 1 is 1.02 bits per heavy atom. The average Bonchev–Trinajstić information content (AvgIpc) is 3.61. The van der Waals surface area contributed by atoms with Crippen LogP contribution in [-0.2, 0) is 11.0 Å². The summed E-state index contributed by atoms with van der Waals surface area (Å²) in [4.78, 5) is 24.4. The molecule has 234 valence electrons. The number of alkyl halides is 2. The van der Waals surface area contributed by atoms with E-state index in [2.05, 4.69) is 38.0 Å². The van der Waals surface area contributed by atoms with Crippen LogP contribution in [0, 0.1) is 13.8 Å². The van der Waals surface area contributed by atoms with Gasteiger partial charge in [0.25, 0.3) is 0 Å². The molecule has 1 amide bonds. The summed E-state index contributed by atoms with van der Waals surface area (Å²) in [5.74, 6) is 0.160. The van der Waals surface area contributed by atoms with E-state index in [1.165, 1.54) is 5.69 Å². The first-order valence-electron chi connectivity index (χ1n) is 15.5. The molecule has 11 heteroatoms. The van der Waals surface area contributed by atoms with E-state index < -0.39 is 6.17 Å². The highest BCUT2D eigenvalue weighted by Crippen LogP contribution is 2.39. The van der Waals surface area contributed by atoms with E-state index in [-0.39, 0.29) is 18.7 Å². The zero-order chi connectivity index (χ0) is 31.8. The summed E-state index contributed by atoms with van der Waals surface area (Å²) in [6.07, 6.45) is 3.79. The first-order chi connectivity index (χ1) is 22.3. The van der Waals surface area contributed by atoms with Gasteiger partial charge in [0.05, 0.1) is 11.4 Å². The topological polar surface area (TPSA) is 90.1 Å². The van der Waals surface area contributed by atoms with E-state index in [1.807, 2.05) is 37.3 Å². The Balaban J connectivity index is 1.01. The molecule has 0 radical (unpaired) electrons. The summed E-state index contributed by atoms with van der Waals surface area (Å²) in [5, 5.41) is 9.51. The second-order valence-corrected chi connectivity index (χ2v) is 11.7. The minimum atomic E-state index is -3.26. The highest BCUT2D eigenvalue weighted by Gasteiger charge is 2.54. The smallest absolute Gasteiger partial charge is 0.369 e. The third-order valence-corrected chi connectivity index (χ3v) is 8.53. The van der Waals surface area contributed by atoms with Crippen molar-refractivity contribution in [2.45, 2.75) is 32.9 Å². The molecule has 2 aromatic carbocycles. The Morgan fingerprint density at radius 3 is 2.67 bits per heavy atom. The summed E-state index contributed by atoms with van der Waals surface area (Å²) in [6.45, 7) is 7.37. The summed E-state index contributed by atoms with van der Waals surface area (Å²) < 4.78 is 33.4. The van der Waals surface area contributed by atoms with Crippen LogP contribution in [0.4, 0.5) is 31.8 Å². The maximum Gasteiger partial charge on any atom is 0.565 e. The van der Waals surface area contributed by atoms with Crippen LogP contribution in [0.5, 0.6) is 0 Å². The lowest BCUT2D eigenvalue weighted by Crippen LogP contribution is -2.43. The number of nitrogens with one attached hydrogen (secondary N) is 3. The molecule has 1 fully saturated rings. The molecule has 7 rings (SSSR count). The lowest BCUT2D eigenvalue weighted by Gasteiger charge is -2.29. The third-order valence-electron chi connectivity index (χ3n) is 8.53. The molecule has 3 aliphatic heterocycles. The second kappa shape index (κ2) is 12.0. The number of benzene rings is 2. The van der Waals surface area contributed by atoms with Crippen molar-refractivity contribution in [3.8, 4) is 11.3 Å². The number of anilines is 4. The van der Waals surface area contributed by atoms with Gasteiger partial charge in [-0.3, -0.25) is 4.79 Å². The number of nitrogens with zero attached hydrogens (tertiary/aromatic N) is 5. The van der Waals surface area contributed by atoms with Gasteiger partial charge >= 0.3 is 6.17 Å². The maximum absolute atomic E-state index is 15.7. The fourth-order valence-electron chi connectivity index (χ4n) is 6.36. The van der Waals surface area contributed by atoms with Gasteiger partial charge < -0.3 is 20.9 Å². The molecule has 9 nitrogen and oxygen atoms in total. The van der Waals surface area contributed by atoms with Gasteiger partial charge in [0.15, 0.2) is 5.71 Å². The number of aromatic nitrogens is 3. The first kappa shape index (κ1) is 29.5. The van der Waals surface area contributed by atoms with Crippen LogP contribution in [0.25, 0.3) is 17.3 Å². The van der Waals surface area contributed by atoms with Crippen LogP contribution in [0.3, 0.4) is 0 Å². The van der Waals surface area contributed by atoms with Crippen LogP contribution in [0.1, 0.15) is 29.8 Å². The normalized spacial score (nSPS) is 16.6. The highest BCUT2D eigenvalue weighted by atomic mass is 19.3. The Kier molecular flexibility index (Phi) is 7.69. The fraction of sp³-hybridized carbons (Fsp3) is 0.257. The van der Waals surface area contributed by atoms with Crippen LogP contribution in [0.2, 0.25) is 0 Å². The van der Waals surface area contributed by atoms with Gasteiger partial charge in [0.2, 0.25) is 17.6 Å². The number of carbonyl (C=O) groups is 1. The van der Waals surface area contributed by atoms with Gasteiger partial charge in [-0.25, -0.2) is 14.5 Å². The molecule has 4 aromatic rings. The lowest BCUT2D eigenvalue weighted by molar-refractivity contribution is -0.674. The van der Waals surface area contributed by atoms with Crippen LogP contribution in [-0.4, -0.2) is 56.9 Å². The van der Waals surface area contributed by atoms with Crippen molar-refractivity contribution in [3.63, 3.8) is 0 Å². The van der Waals surface area contributed by atoms with Gasteiger partial charge in [-0.15, -0.1) is 13.4 Å². The van der Waals surface area contributed by atoms with E-state index in [0.29, 0.717) is 40.1 Å². The van der Waals surface area contributed by atoms with Crippen LogP contribution >= 0.6 is 0 Å². The van der Waals surface area contributed by atoms with E-state index in [9.17, 15) is 4.79 Å². The Morgan fingerprint density at radius 2 is 1.83 bits per heavy atom. The molecule has 0 bridgehead atoms. The molecule has 0 unspecified atom stereocenters. The molecule has 3 N–H and O–H groups in total. The van der Waals surface area contributed by atoms with E-state index in [1.54, 1.807) is 49.5 Å². The third kappa shape index (κ3) is 5.69. The molecule has 5 heterocycles. The van der Waals surface area contributed by atoms with Crippen molar-refractivity contribution in [1.29, 1.82) is 0 Å². The number of fused-ring (bicyclic) bond motifs is 2. The molecule has 0 atom stereocenters. The van der Waals surface area contributed by atoms with Crippen LogP contribution < -0.4 is 20.9 Å². The molecular weight excluding hydrogens is 586 g/mol. The van der Waals surface area contributed by atoms with Crippen molar-refractivity contribution in [2.75, 3.05) is 41.7 Å². The van der Waals surface area contributed by atoms with E-state index in [0.717, 1.165) is 52.1 Å². The van der Waals surface area contributed by atoms with Gasteiger partial charge in [0, 0.05) is 91.8 Å². The Hall–Kier alpha value is -5.16. The van der Waals surface area contributed by atoms with E-state index >= 15 is 8.78 Å². The fourth-order valence-corrected chi connectivity index (χ4v) is 6.36. The molecule has 1 saturated heterocycles. The SMILES string of the molecule is Cc1cc(C)n2c1C=C1C=CC(CCC(=O)Nc3cccc(Nc4nccc(-c5cccc(N6CCNCC6)c5)n4)c3)=[N+]1C2(F)F. The predicted molar refractivity (Wildman–Crippen MR) is 177 cm³/mol. The number of aryl methyl sites for hydroxylation is 2. The molecule has 0 saturated carbocycles. The van der Waals surface area contributed by atoms with Crippen molar-refractivity contribution in [2.24, 2.45) is 0 Å². The summed E-state index contributed by atoms with van der Waals surface area (Å²) in [6, 6.07) is 19.2. The number of rotatable bonds is 8. The number of carbonyl (C=O) groups excluding carboxylic acids is 1. The standard InChI is InChI=1S/C35H34F2N8O/c1-23-19-24(2)44-32(23)22-30-10-9-28(45(30)35(44,36)37)11-12-33(46)40-26-6-4-7-27(21-26)41-34-39-14-13-31(42-34)25-5-3-8-29(20-25)43-17-15-38-16-18-43/h3-10,13-14,19-22,38H,11-12,15-18H2,1-2H3,(H-,39,40,41,42,46)/p+1. The summed E-state index contributed by atoms with van der Waals surface area (Å²) >= 11 is 0. The first-order valence-corrected chi connectivity index (χ1v) is 15.5. The minimum absolute atomic E-state index is 0.0475. The van der Waals surface area contributed by atoms with Crippen molar-refractivity contribution in [1.82, 2.24) is 19.9 Å². The number of hydrogen-bond acceptors (Lipinski definition) is 6. The van der Waals surface area contributed by atoms with Gasteiger partial charge in [-0.2, -0.15) is 0 Å². The highest BCUT2D eigenvalue weighted by molar-refractivity contribution is 5.99. The van der Waals surface area contributed by atoms with Gasteiger partial charge in [0.1, 0.15) is 0 Å². The molecule has 46 heavy (non-hydrogen) atoms. The van der Waals surface area contributed by atoms with Crippen LogP contribution in [0.15, 0.2) is 84.7 Å². The van der Waals surface area contributed by atoms with E-state index in [4.69, 9.17) is 4.98 Å². The molecule has 2 aromatic heterocycles. The zero-order valence-corrected chi connectivity index (χ0v) is 25.7. The van der Waals surface area contributed by atoms with Gasteiger partial charge in [-0.1, -0.05) is 18.2 Å². The van der Waals surface area contributed by atoms with Crippen molar-refractivity contribution < 1.29 is 18.2 Å². The number of amides is 1. The molecule has 3 aliphatic rings. The average molecular weight is 622 g/mol. The largest absolute Gasteiger partial charge is 0.565 e. The predicted octanol–water partition coefficient (Wildman–Crippen LogP) is 6.02. The maximum atomic E-state index is 15.7. The molecule has 0 aliphatic carbocycles. The minimum Gasteiger partial charge on any atom is -0.369 e. The molecule has 0 spiro atoms. The molecular formula is C35H35F2N8O+. The zero-order valence-electron chi connectivity index (χ0n) is 25.7. The monoisotopic (exact) mass is 621 g/mol. The van der Waals surface area contributed by atoms with Crippen molar-refractivity contribution in [3.05, 3.63) is 102 Å². The summed E-state index contributed by atoms with van der Waals surface area (Å²) in [5.41, 5.74) is 6.86. The number of halogens is 2. The quantitative estimate of drug-likeness (QED) is 0.165. The number of allylic oxidation sites excluding steroid dienone is 2. The van der Waals surface area contributed by atoms with Crippen molar-refractivity contribution >= 4 is 40.7 Å². The number of piperazine rings is 1. The number of hydrogen-bond donors (Lipinski definition) is 3. The Bertz CT molecular complexity index is 1920. The second-order valence-electron chi connectivity index (χ2n) is 11.7. The Labute approximate surface area is 266 Å². The lowest BCUT2D eigenvalue weighted by atomic mass is 10.1. The summed E-state index contributed by atoms with van der Waals surface area (Å²) in [7, 11) is 0. The van der Waals surface area contributed by atoms with Gasteiger partial charge in [-0.05, 0) is 61.9 Å².